The summed E-state index contributed by atoms with van der Waals surface area (Å²) in [6.07, 6.45) is 0. The third-order valence-electron chi connectivity index (χ3n) is 2.72. The second-order valence-electron chi connectivity index (χ2n) is 4.17. The van der Waals surface area contributed by atoms with Crippen molar-refractivity contribution in [1.29, 1.82) is 0 Å². The summed E-state index contributed by atoms with van der Waals surface area (Å²) in [7, 11) is 1.91. The molecule has 0 spiro atoms. The van der Waals surface area contributed by atoms with E-state index >= 15 is 0 Å². The fourth-order valence-corrected chi connectivity index (χ4v) is 2.28. The summed E-state index contributed by atoms with van der Waals surface area (Å²) in [6, 6.07) is 13.4. The Labute approximate surface area is 123 Å². The number of benzene rings is 2. The Morgan fingerprint density at radius 1 is 1.05 bits per heavy atom. The number of ether oxygens (including phenoxy) is 1. The first-order valence-electron chi connectivity index (χ1n) is 6.00. The highest BCUT2D eigenvalue weighted by atomic mass is 35.5. The number of hydrogen-bond donors (Lipinski definition) is 1. The van der Waals surface area contributed by atoms with Crippen LogP contribution in [0.3, 0.4) is 0 Å². The van der Waals surface area contributed by atoms with Crippen molar-refractivity contribution in [3.63, 3.8) is 0 Å². The molecule has 0 aromatic heterocycles. The zero-order chi connectivity index (χ0) is 13.7. The zero-order valence-electron chi connectivity index (χ0n) is 10.6. The Hall–Kier alpha value is -1.22. The van der Waals surface area contributed by atoms with Gasteiger partial charge in [-0.25, -0.2) is 0 Å². The molecule has 0 fully saturated rings. The third-order valence-corrected chi connectivity index (χ3v) is 3.43. The van der Waals surface area contributed by atoms with Crippen molar-refractivity contribution in [3.8, 4) is 5.75 Å². The summed E-state index contributed by atoms with van der Waals surface area (Å²) in [5.74, 6) is 0.809. The van der Waals surface area contributed by atoms with Crippen molar-refractivity contribution < 1.29 is 4.74 Å². The molecule has 0 unspecified atom stereocenters. The van der Waals surface area contributed by atoms with E-state index in [1.807, 2.05) is 49.5 Å². The molecule has 2 nitrogen and oxygen atoms in total. The van der Waals surface area contributed by atoms with Crippen LogP contribution in [0.5, 0.6) is 5.75 Å². The molecule has 0 aliphatic rings. The number of halogens is 2. The number of rotatable bonds is 5. The van der Waals surface area contributed by atoms with Gasteiger partial charge < -0.3 is 10.1 Å². The average Bonchev–Trinajstić information content (AvgIpc) is 2.39. The van der Waals surface area contributed by atoms with Gasteiger partial charge in [0.15, 0.2) is 0 Å². The maximum absolute atomic E-state index is 6.10. The van der Waals surface area contributed by atoms with Gasteiger partial charge >= 0.3 is 0 Å². The molecule has 0 radical (unpaired) electrons. The lowest BCUT2D eigenvalue weighted by Gasteiger charge is -2.10. The molecule has 0 aliphatic heterocycles. The first kappa shape index (κ1) is 14.2. The molecule has 2 aromatic rings. The van der Waals surface area contributed by atoms with E-state index in [9.17, 15) is 0 Å². The van der Waals surface area contributed by atoms with Crippen LogP contribution in [-0.4, -0.2) is 7.05 Å². The Morgan fingerprint density at radius 2 is 1.74 bits per heavy atom. The Kier molecular flexibility index (Phi) is 5.08. The standard InChI is InChI=1S/C15H15Cl2NO/c1-18-9-11-4-2-5-12(8-11)19-10-13-14(16)6-3-7-15(13)17/h2-8,18H,9-10H2,1H3. The Balaban J connectivity index is 2.08. The van der Waals surface area contributed by atoms with Gasteiger partial charge in [-0.15, -0.1) is 0 Å². The topological polar surface area (TPSA) is 21.3 Å². The molecule has 0 amide bonds. The zero-order valence-corrected chi connectivity index (χ0v) is 12.1. The molecule has 1 N–H and O–H groups in total. The molecule has 0 bridgehead atoms. The summed E-state index contributed by atoms with van der Waals surface area (Å²) in [6.45, 7) is 1.17. The number of hydrogen-bond acceptors (Lipinski definition) is 2. The summed E-state index contributed by atoms with van der Waals surface area (Å²) < 4.78 is 5.74. The molecule has 2 rings (SSSR count). The van der Waals surface area contributed by atoms with Crippen LogP contribution in [0.2, 0.25) is 10.0 Å². The normalized spacial score (nSPS) is 10.5. The van der Waals surface area contributed by atoms with E-state index < -0.39 is 0 Å². The maximum atomic E-state index is 6.10. The lowest BCUT2D eigenvalue weighted by molar-refractivity contribution is 0.306. The molecule has 2 aromatic carbocycles. The highest BCUT2D eigenvalue weighted by Crippen LogP contribution is 2.26. The first-order valence-corrected chi connectivity index (χ1v) is 6.75. The fourth-order valence-electron chi connectivity index (χ4n) is 1.78. The molecular formula is C15H15Cl2NO. The highest BCUT2D eigenvalue weighted by molar-refractivity contribution is 6.35. The molecule has 100 valence electrons. The summed E-state index contributed by atoms with van der Waals surface area (Å²) in [4.78, 5) is 0. The Bertz CT molecular complexity index is 537. The minimum atomic E-state index is 0.363. The van der Waals surface area contributed by atoms with E-state index in [4.69, 9.17) is 27.9 Å². The largest absolute Gasteiger partial charge is 0.489 e. The van der Waals surface area contributed by atoms with Gasteiger partial charge in [0.1, 0.15) is 12.4 Å². The van der Waals surface area contributed by atoms with E-state index in [-0.39, 0.29) is 0 Å². The minimum absolute atomic E-state index is 0.363. The molecule has 0 atom stereocenters. The van der Waals surface area contributed by atoms with Crippen LogP contribution < -0.4 is 10.1 Å². The SMILES string of the molecule is CNCc1cccc(OCc2c(Cl)cccc2Cl)c1. The monoisotopic (exact) mass is 295 g/mol. The van der Waals surface area contributed by atoms with Crippen LogP contribution >= 0.6 is 23.2 Å². The van der Waals surface area contributed by atoms with Crippen molar-refractivity contribution in [3.05, 3.63) is 63.6 Å². The van der Waals surface area contributed by atoms with Gasteiger partial charge in [-0.1, -0.05) is 41.4 Å². The van der Waals surface area contributed by atoms with Gasteiger partial charge in [0, 0.05) is 22.2 Å². The van der Waals surface area contributed by atoms with Crippen LogP contribution in [0.25, 0.3) is 0 Å². The van der Waals surface area contributed by atoms with E-state index in [1.165, 1.54) is 5.56 Å². The van der Waals surface area contributed by atoms with E-state index in [0.717, 1.165) is 17.9 Å². The minimum Gasteiger partial charge on any atom is -0.489 e. The van der Waals surface area contributed by atoms with Gasteiger partial charge in [-0.3, -0.25) is 0 Å². The molecule has 0 heterocycles. The highest BCUT2D eigenvalue weighted by Gasteiger charge is 2.06. The Morgan fingerprint density at radius 3 is 2.42 bits per heavy atom. The summed E-state index contributed by atoms with van der Waals surface area (Å²) in [5.41, 5.74) is 1.98. The van der Waals surface area contributed by atoms with Crippen LogP contribution in [0.4, 0.5) is 0 Å². The van der Waals surface area contributed by atoms with Crippen LogP contribution in [0.15, 0.2) is 42.5 Å². The molecule has 19 heavy (non-hydrogen) atoms. The van der Waals surface area contributed by atoms with Gasteiger partial charge in [-0.2, -0.15) is 0 Å². The predicted octanol–water partition coefficient (Wildman–Crippen LogP) is 4.29. The lowest BCUT2D eigenvalue weighted by Crippen LogP contribution is -2.05. The summed E-state index contributed by atoms with van der Waals surface area (Å²) in [5, 5.41) is 4.35. The fraction of sp³-hybridized carbons (Fsp3) is 0.200. The molecule has 4 heteroatoms. The average molecular weight is 296 g/mol. The second kappa shape index (κ2) is 6.80. The van der Waals surface area contributed by atoms with Crippen LogP contribution in [0, 0.1) is 0 Å². The maximum Gasteiger partial charge on any atom is 0.120 e. The predicted molar refractivity (Wildman–Crippen MR) is 80.0 cm³/mol. The van der Waals surface area contributed by atoms with Crippen molar-refractivity contribution in [2.24, 2.45) is 0 Å². The van der Waals surface area contributed by atoms with Crippen molar-refractivity contribution >= 4 is 23.2 Å². The van der Waals surface area contributed by atoms with Crippen molar-refractivity contribution in [1.82, 2.24) is 5.32 Å². The van der Waals surface area contributed by atoms with E-state index in [2.05, 4.69) is 5.32 Å². The van der Waals surface area contributed by atoms with Gasteiger partial charge in [0.25, 0.3) is 0 Å². The third kappa shape index (κ3) is 3.87. The quantitative estimate of drug-likeness (QED) is 0.888. The van der Waals surface area contributed by atoms with Crippen molar-refractivity contribution in [2.75, 3.05) is 7.05 Å². The lowest BCUT2D eigenvalue weighted by atomic mass is 10.2. The van der Waals surface area contributed by atoms with Gasteiger partial charge in [0.2, 0.25) is 0 Å². The number of nitrogens with one attached hydrogen (secondary N) is 1. The van der Waals surface area contributed by atoms with Gasteiger partial charge in [-0.05, 0) is 36.9 Å². The first-order chi connectivity index (χ1) is 9.20. The van der Waals surface area contributed by atoms with E-state index in [0.29, 0.717) is 16.7 Å². The van der Waals surface area contributed by atoms with Crippen LogP contribution in [0.1, 0.15) is 11.1 Å². The summed E-state index contributed by atoms with van der Waals surface area (Å²) >= 11 is 12.2. The molecule has 0 saturated heterocycles. The van der Waals surface area contributed by atoms with Crippen LogP contribution in [-0.2, 0) is 13.2 Å². The smallest absolute Gasteiger partial charge is 0.120 e. The molecule has 0 saturated carbocycles. The molecule has 0 aliphatic carbocycles. The molecular weight excluding hydrogens is 281 g/mol. The van der Waals surface area contributed by atoms with Crippen molar-refractivity contribution in [2.45, 2.75) is 13.2 Å². The van der Waals surface area contributed by atoms with E-state index in [1.54, 1.807) is 0 Å². The second-order valence-corrected chi connectivity index (χ2v) is 4.98. The van der Waals surface area contributed by atoms with Gasteiger partial charge in [0.05, 0.1) is 0 Å².